The van der Waals surface area contributed by atoms with Gasteiger partial charge in [0, 0.05) is 5.56 Å². The molecule has 16 heavy (non-hydrogen) atoms. The van der Waals surface area contributed by atoms with Crippen LogP contribution in [0.5, 0.6) is 0 Å². The minimum Gasteiger partial charge on any atom is -0.0696 e. The predicted molar refractivity (Wildman–Crippen MR) is 68.8 cm³/mol. The van der Waals surface area contributed by atoms with Crippen molar-refractivity contribution < 1.29 is 0 Å². The van der Waals surface area contributed by atoms with Gasteiger partial charge in [-0.25, -0.2) is 0 Å². The predicted octanol–water partition coefficient (Wildman–Crippen LogP) is 3.75. The Kier molecular flexibility index (Phi) is 3.58. The molecule has 0 spiro atoms. The van der Waals surface area contributed by atoms with Gasteiger partial charge in [-0.1, -0.05) is 60.4 Å². The molecule has 0 amide bonds. The summed E-state index contributed by atoms with van der Waals surface area (Å²) in [5, 5.41) is 0. The molecule has 0 aromatic heterocycles. The number of rotatable bonds is 1. The first-order valence-corrected chi connectivity index (χ1v) is 5.23. The van der Waals surface area contributed by atoms with E-state index in [0.717, 1.165) is 5.56 Å². The van der Waals surface area contributed by atoms with E-state index >= 15 is 0 Å². The monoisotopic (exact) mass is 204 g/mol. The molecule has 0 nitrogen and oxygen atoms in total. The molecule has 2 rings (SSSR count). The second-order valence-corrected chi connectivity index (χ2v) is 3.38. The topological polar surface area (TPSA) is 0 Å². The van der Waals surface area contributed by atoms with Crippen molar-refractivity contribution in [2.45, 2.75) is 0 Å². The molecule has 0 N–H and O–H groups in total. The molecule has 0 heterocycles. The van der Waals surface area contributed by atoms with E-state index in [2.05, 4.69) is 24.0 Å². The lowest BCUT2D eigenvalue weighted by Crippen LogP contribution is -1.70. The number of hydrogen-bond donors (Lipinski definition) is 0. The zero-order chi connectivity index (χ0) is 11.1. The third-order valence-corrected chi connectivity index (χ3v) is 2.15. The number of hydrogen-bond acceptors (Lipinski definition) is 0. The molecule has 0 aliphatic carbocycles. The maximum atomic E-state index is 3.08. The van der Waals surface area contributed by atoms with E-state index in [1.54, 1.807) is 0 Å². The largest absolute Gasteiger partial charge is 0.0696 e. The van der Waals surface area contributed by atoms with Gasteiger partial charge in [0.05, 0.1) is 0 Å². The molecule has 0 aliphatic rings. The summed E-state index contributed by atoms with van der Waals surface area (Å²) in [6, 6.07) is 20.1. The molecule has 76 valence electrons. The van der Waals surface area contributed by atoms with Gasteiger partial charge in [-0.2, -0.15) is 0 Å². The van der Waals surface area contributed by atoms with E-state index < -0.39 is 0 Å². The van der Waals surface area contributed by atoms with Crippen molar-refractivity contribution in [1.29, 1.82) is 0 Å². The first-order valence-electron chi connectivity index (χ1n) is 5.23. The van der Waals surface area contributed by atoms with Gasteiger partial charge in [0.15, 0.2) is 0 Å². The standard InChI is InChI=1S/C16H12/c1-3-9-15(10-4-1)13-7-8-14-16-11-5-2-6-12-16/h1-7,9-13H/b13-7+. The Balaban J connectivity index is 2.03. The van der Waals surface area contributed by atoms with Crippen LogP contribution in [-0.2, 0) is 0 Å². The molecule has 0 radical (unpaired) electrons. The highest BCUT2D eigenvalue weighted by Gasteiger charge is 1.81. The fourth-order valence-corrected chi connectivity index (χ4v) is 1.35. The van der Waals surface area contributed by atoms with E-state index in [0.29, 0.717) is 0 Å². The molecule has 0 aliphatic heterocycles. The fraction of sp³-hybridized carbons (Fsp3) is 0. The molecule has 0 fully saturated rings. The molecular formula is C16H12. The Morgan fingerprint density at radius 3 is 2.06 bits per heavy atom. The van der Waals surface area contributed by atoms with Crippen LogP contribution in [0.15, 0.2) is 66.7 Å². The van der Waals surface area contributed by atoms with E-state index in [4.69, 9.17) is 0 Å². The molecule has 0 saturated carbocycles. The van der Waals surface area contributed by atoms with Crippen molar-refractivity contribution in [1.82, 2.24) is 0 Å². The first kappa shape index (κ1) is 10.3. The van der Waals surface area contributed by atoms with E-state index in [9.17, 15) is 0 Å². The summed E-state index contributed by atoms with van der Waals surface area (Å²) in [6.45, 7) is 0. The van der Waals surface area contributed by atoms with E-state index in [-0.39, 0.29) is 0 Å². The van der Waals surface area contributed by atoms with Crippen LogP contribution in [0.2, 0.25) is 0 Å². The van der Waals surface area contributed by atoms with Gasteiger partial charge in [0.25, 0.3) is 0 Å². The highest BCUT2D eigenvalue weighted by atomic mass is 13.9. The molecule has 2 aromatic rings. The Morgan fingerprint density at radius 2 is 1.38 bits per heavy atom. The molecule has 0 saturated heterocycles. The van der Waals surface area contributed by atoms with Crippen molar-refractivity contribution in [2.24, 2.45) is 0 Å². The second-order valence-electron chi connectivity index (χ2n) is 3.38. The van der Waals surface area contributed by atoms with Crippen LogP contribution < -0.4 is 0 Å². The SMILES string of the molecule is C(#Cc1ccccc1)/C=C/c1ccccc1. The molecule has 0 heteroatoms. The van der Waals surface area contributed by atoms with Crippen LogP contribution >= 0.6 is 0 Å². The van der Waals surface area contributed by atoms with Gasteiger partial charge in [-0.15, -0.1) is 0 Å². The van der Waals surface area contributed by atoms with Crippen molar-refractivity contribution >= 4 is 6.08 Å². The van der Waals surface area contributed by atoms with Gasteiger partial charge in [-0.3, -0.25) is 0 Å². The van der Waals surface area contributed by atoms with Gasteiger partial charge < -0.3 is 0 Å². The maximum Gasteiger partial charge on any atom is 0.0248 e. The molecular weight excluding hydrogens is 192 g/mol. The van der Waals surface area contributed by atoms with Gasteiger partial charge >= 0.3 is 0 Å². The lowest BCUT2D eigenvalue weighted by Gasteiger charge is -1.87. The summed E-state index contributed by atoms with van der Waals surface area (Å²) in [7, 11) is 0. The third-order valence-electron chi connectivity index (χ3n) is 2.15. The van der Waals surface area contributed by atoms with Crippen LogP contribution in [0.4, 0.5) is 0 Å². The van der Waals surface area contributed by atoms with Crippen LogP contribution in [0.3, 0.4) is 0 Å². The van der Waals surface area contributed by atoms with Crippen molar-refractivity contribution in [2.75, 3.05) is 0 Å². The zero-order valence-corrected chi connectivity index (χ0v) is 8.93. The summed E-state index contributed by atoms with van der Waals surface area (Å²) in [6.07, 6.45) is 3.89. The Bertz CT molecular complexity index is 510. The highest BCUT2D eigenvalue weighted by molar-refractivity contribution is 5.53. The normalized spacial score (nSPS) is 9.75. The lowest BCUT2D eigenvalue weighted by atomic mass is 10.2. The Morgan fingerprint density at radius 1 is 0.750 bits per heavy atom. The van der Waals surface area contributed by atoms with E-state index in [1.165, 1.54) is 5.56 Å². The summed E-state index contributed by atoms with van der Waals surface area (Å²) >= 11 is 0. The van der Waals surface area contributed by atoms with Crippen molar-refractivity contribution in [3.63, 3.8) is 0 Å². The van der Waals surface area contributed by atoms with Crippen LogP contribution in [0.1, 0.15) is 11.1 Å². The second kappa shape index (κ2) is 5.58. The molecule has 0 bridgehead atoms. The zero-order valence-electron chi connectivity index (χ0n) is 8.93. The van der Waals surface area contributed by atoms with Crippen LogP contribution in [0, 0.1) is 11.8 Å². The summed E-state index contributed by atoms with van der Waals surface area (Å²) < 4.78 is 0. The van der Waals surface area contributed by atoms with Gasteiger partial charge in [0.1, 0.15) is 0 Å². The highest BCUT2D eigenvalue weighted by Crippen LogP contribution is 2.00. The summed E-state index contributed by atoms with van der Waals surface area (Å²) in [4.78, 5) is 0. The molecule has 0 unspecified atom stereocenters. The van der Waals surface area contributed by atoms with Crippen LogP contribution in [0.25, 0.3) is 6.08 Å². The quantitative estimate of drug-likeness (QED) is 0.620. The first-order chi connectivity index (χ1) is 7.95. The smallest absolute Gasteiger partial charge is 0.0248 e. The van der Waals surface area contributed by atoms with Crippen molar-refractivity contribution in [3.05, 3.63) is 77.9 Å². The average Bonchev–Trinajstić information content (AvgIpc) is 2.37. The van der Waals surface area contributed by atoms with Crippen LogP contribution in [-0.4, -0.2) is 0 Å². The lowest BCUT2D eigenvalue weighted by molar-refractivity contribution is 1.65. The van der Waals surface area contributed by atoms with Gasteiger partial charge in [0.2, 0.25) is 0 Å². The third kappa shape index (κ3) is 3.15. The minimum absolute atomic E-state index is 1.04. The summed E-state index contributed by atoms with van der Waals surface area (Å²) in [5.74, 6) is 6.10. The average molecular weight is 204 g/mol. The maximum absolute atomic E-state index is 3.08. The minimum atomic E-state index is 1.04. The number of benzene rings is 2. The van der Waals surface area contributed by atoms with E-state index in [1.807, 2.05) is 60.7 Å². The Hall–Kier alpha value is -2.26. The Labute approximate surface area is 96.3 Å². The van der Waals surface area contributed by atoms with Crippen molar-refractivity contribution in [3.8, 4) is 11.8 Å². The van der Waals surface area contributed by atoms with Gasteiger partial charge in [-0.05, 0) is 29.8 Å². The fourth-order valence-electron chi connectivity index (χ4n) is 1.35. The molecule has 2 aromatic carbocycles. The number of allylic oxidation sites excluding steroid dienone is 1. The summed E-state index contributed by atoms with van der Waals surface area (Å²) in [5.41, 5.74) is 2.21. The molecule has 0 atom stereocenters.